The second kappa shape index (κ2) is 12.7. The van der Waals surface area contributed by atoms with E-state index in [0.29, 0.717) is 58.9 Å². The third kappa shape index (κ3) is 6.16. The maximum atomic E-state index is 15.9. The van der Waals surface area contributed by atoms with Gasteiger partial charge in [-0.1, -0.05) is 23.2 Å². The largest absolute Gasteiger partial charge is 0.486 e. The summed E-state index contributed by atoms with van der Waals surface area (Å²) in [5.41, 5.74) is 1.63. The summed E-state index contributed by atoms with van der Waals surface area (Å²) >= 11 is 12.8. The van der Waals surface area contributed by atoms with E-state index in [9.17, 15) is 4.79 Å². The van der Waals surface area contributed by atoms with Crippen molar-refractivity contribution in [3.05, 3.63) is 64.3 Å². The van der Waals surface area contributed by atoms with Crippen LogP contribution in [0.15, 0.2) is 42.9 Å². The number of carbonyl (C=O) groups is 1. The molecule has 0 radical (unpaired) electrons. The molecule has 0 N–H and O–H groups in total. The van der Waals surface area contributed by atoms with E-state index in [4.69, 9.17) is 42.5 Å². The van der Waals surface area contributed by atoms with Crippen molar-refractivity contribution in [3.63, 3.8) is 0 Å². The summed E-state index contributed by atoms with van der Waals surface area (Å²) in [5, 5.41) is 6.57. The SMILES string of the molecule is C[C@@H](Oc1ccc2c(c1)c(-c1cnc(N3CC4(CCCN4C(=O)OC(C)(C)C)C3)c(F)c1)nn2C1CCCCO1)c1c(Cl)cncc1Cl. The molecule has 1 aromatic carbocycles. The van der Waals surface area contributed by atoms with Gasteiger partial charge in [0.15, 0.2) is 17.9 Å². The Bertz CT molecular complexity index is 1830. The Morgan fingerprint density at radius 1 is 1.10 bits per heavy atom. The Labute approximate surface area is 289 Å². The maximum Gasteiger partial charge on any atom is 0.410 e. The zero-order valence-corrected chi connectivity index (χ0v) is 29.0. The van der Waals surface area contributed by atoms with Crippen LogP contribution in [-0.4, -0.2) is 68.1 Å². The fourth-order valence-corrected chi connectivity index (χ4v) is 7.76. The number of hydrogen-bond acceptors (Lipinski definition) is 8. The second-order valence-corrected chi connectivity index (χ2v) is 14.7. The Morgan fingerprint density at radius 2 is 1.88 bits per heavy atom. The first-order chi connectivity index (χ1) is 22.9. The van der Waals surface area contributed by atoms with Crippen LogP contribution >= 0.6 is 23.2 Å². The third-order valence-corrected chi connectivity index (χ3v) is 9.89. The van der Waals surface area contributed by atoms with Crippen molar-refractivity contribution >= 4 is 46.0 Å². The van der Waals surface area contributed by atoms with Crippen LogP contribution in [0, 0.1) is 5.82 Å². The van der Waals surface area contributed by atoms with Gasteiger partial charge in [-0.05, 0) is 84.1 Å². The Balaban J connectivity index is 1.17. The highest BCUT2D eigenvalue weighted by Crippen LogP contribution is 2.42. The molecule has 0 bridgehead atoms. The Morgan fingerprint density at radius 3 is 2.56 bits per heavy atom. The Hall–Kier alpha value is -3.67. The molecule has 3 saturated heterocycles. The van der Waals surface area contributed by atoms with Crippen molar-refractivity contribution in [2.45, 2.75) is 83.3 Å². The lowest BCUT2D eigenvalue weighted by atomic mass is 9.87. The quantitative estimate of drug-likeness (QED) is 0.199. The highest BCUT2D eigenvalue weighted by Gasteiger charge is 2.54. The molecular weight excluding hydrogens is 658 g/mol. The van der Waals surface area contributed by atoms with Crippen LogP contribution in [-0.2, 0) is 9.47 Å². The number of aromatic nitrogens is 4. The maximum absolute atomic E-state index is 15.9. The molecule has 6 heterocycles. The smallest absolute Gasteiger partial charge is 0.410 e. The van der Waals surface area contributed by atoms with Crippen LogP contribution in [0.1, 0.15) is 77.7 Å². The van der Waals surface area contributed by atoms with Crippen LogP contribution in [0.25, 0.3) is 22.2 Å². The molecule has 3 fully saturated rings. The van der Waals surface area contributed by atoms with Crippen molar-refractivity contribution in [3.8, 4) is 17.0 Å². The molecular formula is C35H39Cl2FN6O4. The molecule has 0 saturated carbocycles. The molecule has 13 heteroatoms. The summed E-state index contributed by atoms with van der Waals surface area (Å²) in [6, 6.07) is 7.19. The predicted octanol–water partition coefficient (Wildman–Crippen LogP) is 8.37. The van der Waals surface area contributed by atoms with Crippen molar-refractivity contribution < 1.29 is 23.4 Å². The van der Waals surface area contributed by atoms with Crippen LogP contribution in [0.4, 0.5) is 15.0 Å². The van der Waals surface area contributed by atoms with Gasteiger partial charge in [-0.25, -0.2) is 18.9 Å². The van der Waals surface area contributed by atoms with E-state index in [1.165, 1.54) is 18.5 Å². The standard InChI is InChI=1S/C35H39Cl2FN6O4/c1-21(30-25(36)17-39-18-26(30)37)47-23-9-10-28-24(15-23)31(41-44(28)29-8-5-6-13-46-29)22-14-27(38)32(40-16-22)42-19-35(20-42)11-7-12-43(35)33(45)48-34(2,3)4/h9-10,14-18,21,29H,5-8,11-13,19-20H2,1-4H3/t21-,29?/m1/s1. The summed E-state index contributed by atoms with van der Waals surface area (Å²) in [6.07, 6.45) is 8.30. The normalized spacial score (nSPS) is 19.9. The molecule has 1 amide bonds. The van der Waals surface area contributed by atoms with Gasteiger partial charge in [0, 0.05) is 61.3 Å². The van der Waals surface area contributed by atoms with Crippen LogP contribution < -0.4 is 9.64 Å². The van der Waals surface area contributed by atoms with Crippen LogP contribution in [0.2, 0.25) is 10.0 Å². The second-order valence-electron chi connectivity index (χ2n) is 13.9. The number of pyridine rings is 2. The molecule has 10 nitrogen and oxygen atoms in total. The third-order valence-electron chi connectivity index (χ3n) is 9.29. The lowest BCUT2D eigenvalue weighted by Gasteiger charge is -2.52. The van der Waals surface area contributed by atoms with E-state index in [2.05, 4.69) is 9.97 Å². The van der Waals surface area contributed by atoms with Crippen molar-refractivity contribution in [1.82, 2.24) is 24.6 Å². The summed E-state index contributed by atoms with van der Waals surface area (Å²) in [7, 11) is 0. The molecule has 3 aliphatic rings. The number of anilines is 1. The first-order valence-corrected chi connectivity index (χ1v) is 17.2. The van der Waals surface area contributed by atoms with Crippen LogP contribution in [0.3, 0.4) is 0 Å². The zero-order valence-electron chi connectivity index (χ0n) is 27.5. The van der Waals surface area contributed by atoms with E-state index in [0.717, 1.165) is 43.0 Å². The predicted molar refractivity (Wildman–Crippen MR) is 182 cm³/mol. The molecule has 7 rings (SSSR count). The number of ether oxygens (including phenoxy) is 3. The lowest BCUT2D eigenvalue weighted by Crippen LogP contribution is -2.69. The average molecular weight is 698 g/mol. The fraction of sp³-hybridized carbons (Fsp3) is 0.486. The fourth-order valence-electron chi connectivity index (χ4n) is 7.09. The molecule has 1 spiro atoms. The van der Waals surface area contributed by atoms with E-state index >= 15 is 4.39 Å². The molecule has 1 unspecified atom stereocenters. The van der Waals surface area contributed by atoms with E-state index in [1.54, 1.807) is 6.20 Å². The molecule has 4 aromatic rings. The molecule has 2 atom stereocenters. The van der Waals surface area contributed by atoms with Gasteiger partial charge >= 0.3 is 6.09 Å². The summed E-state index contributed by atoms with van der Waals surface area (Å²) in [5.74, 6) is 0.374. The van der Waals surface area contributed by atoms with Gasteiger partial charge in [-0.15, -0.1) is 0 Å². The number of benzene rings is 1. The van der Waals surface area contributed by atoms with E-state index < -0.39 is 17.5 Å². The minimum atomic E-state index is -0.583. The van der Waals surface area contributed by atoms with E-state index in [-0.39, 0.29) is 23.7 Å². The highest BCUT2D eigenvalue weighted by atomic mass is 35.5. The number of fused-ring (bicyclic) bond motifs is 1. The Kier molecular flexibility index (Phi) is 8.66. The number of likely N-dealkylation sites (tertiary alicyclic amines) is 1. The first kappa shape index (κ1) is 32.9. The van der Waals surface area contributed by atoms with Gasteiger partial charge in [-0.3, -0.25) is 9.88 Å². The summed E-state index contributed by atoms with van der Waals surface area (Å²) in [4.78, 5) is 25.3. The van der Waals surface area contributed by atoms with Gasteiger partial charge < -0.3 is 19.1 Å². The minimum absolute atomic E-state index is 0.233. The van der Waals surface area contributed by atoms with Gasteiger partial charge in [0.1, 0.15) is 23.1 Å². The number of nitrogens with zero attached hydrogens (tertiary/aromatic N) is 6. The number of amides is 1. The average Bonchev–Trinajstić information content (AvgIpc) is 3.63. The summed E-state index contributed by atoms with van der Waals surface area (Å²) in [6.45, 7) is 9.73. The monoisotopic (exact) mass is 696 g/mol. The number of carbonyl (C=O) groups excluding carboxylic acids is 1. The molecule has 48 heavy (non-hydrogen) atoms. The number of halogens is 3. The van der Waals surface area contributed by atoms with Gasteiger partial charge in [0.2, 0.25) is 0 Å². The van der Waals surface area contributed by atoms with Gasteiger partial charge in [0.25, 0.3) is 0 Å². The molecule has 3 aliphatic heterocycles. The number of rotatable bonds is 6. The van der Waals surface area contributed by atoms with E-state index in [1.807, 2.05) is 60.4 Å². The minimum Gasteiger partial charge on any atom is -0.486 e. The van der Waals surface area contributed by atoms with Gasteiger partial charge in [-0.2, -0.15) is 5.10 Å². The number of hydrogen-bond donors (Lipinski definition) is 0. The highest BCUT2D eigenvalue weighted by molar-refractivity contribution is 6.35. The van der Waals surface area contributed by atoms with Crippen molar-refractivity contribution in [2.75, 3.05) is 31.1 Å². The lowest BCUT2D eigenvalue weighted by molar-refractivity contribution is -0.0365. The summed E-state index contributed by atoms with van der Waals surface area (Å²) < 4.78 is 35.9. The van der Waals surface area contributed by atoms with Crippen molar-refractivity contribution in [2.24, 2.45) is 0 Å². The molecule has 3 aromatic heterocycles. The van der Waals surface area contributed by atoms with Crippen LogP contribution in [0.5, 0.6) is 5.75 Å². The first-order valence-electron chi connectivity index (χ1n) is 16.4. The molecule has 0 aliphatic carbocycles. The van der Waals surface area contributed by atoms with Gasteiger partial charge in [0.05, 0.1) is 21.1 Å². The zero-order chi connectivity index (χ0) is 33.8. The molecule has 254 valence electrons. The topological polar surface area (TPSA) is 94.8 Å². The van der Waals surface area contributed by atoms with Crippen molar-refractivity contribution in [1.29, 1.82) is 0 Å².